The number of hydrogen-bond donors (Lipinski definition) is 2. The maximum absolute atomic E-state index is 11.9. The molecule has 2 N–H and O–H groups in total. The third-order valence-electron chi connectivity index (χ3n) is 3.38. The third kappa shape index (κ3) is 4.34. The van der Waals surface area contributed by atoms with E-state index < -0.39 is 0 Å². The summed E-state index contributed by atoms with van der Waals surface area (Å²) < 4.78 is 0. The molecule has 1 aromatic rings. The van der Waals surface area contributed by atoms with Crippen molar-refractivity contribution in [2.75, 3.05) is 32.0 Å². The van der Waals surface area contributed by atoms with Crippen molar-refractivity contribution in [1.29, 1.82) is 5.26 Å². The molecule has 1 fully saturated rings. The van der Waals surface area contributed by atoms with Gasteiger partial charge in [-0.25, -0.2) is 0 Å². The first-order valence-electron chi connectivity index (χ1n) is 6.89. The number of carbonyl (C=O) groups excluding carboxylic acids is 1. The van der Waals surface area contributed by atoms with Gasteiger partial charge in [-0.05, 0) is 44.6 Å². The molecule has 5 heteroatoms. The van der Waals surface area contributed by atoms with Crippen molar-refractivity contribution < 1.29 is 4.79 Å². The second-order valence-electron chi connectivity index (χ2n) is 5.23. The maximum Gasteiger partial charge on any atom is 0.238 e. The molecule has 1 aliphatic rings. The Bertz CT molecular complexity index is 503. The average Bonchev–Trinajstić information content (AvgIpc) is 2.91. The summed E-state index contributed by atoms with van der Waals surface area (Å²) in [5, 5.41) is 15.1. The first kappa shape index (κ1) is 14.5. The number of benzene rings is 1. The number of nitrogens with zero attached hydrogens (tertiary/aromatic N) is 2. The van der Waals surface area contributed by atoms with Gasteiger partial charge >= 0.3 is 0 Å². The third-order valence-corrected chi connectivity index (χ3v) is 3.38. The molecule has 1 saturated heterocycles. The largest absolute Gasteiger partial charge is 0.325 e. The molecule has 1 unspecified atom stereocenters. The van der Waals surface area contributed by atoms with Gasteiger partial charge < -0.3 is 10.6 Å². The van der Waals surface area contributed by atoms with Crippen LogP contribution in [0.25, 0.3) is 0 Å². The molecule has 106 valence electrons. The second-order valence-corrected chi connectivity index (χ2v) is 5.23. The van der Waals surface area contributed by atoms with Crippen LogP contribution in [0.15, 0.2) is 24.3 Å². The lowest BCUT2D eigenvalue weighted by Crippen LogP contribution is -2.39. The van der Waals surface area contributed by atoms with E-state index in [1.54, 1.807) is 24.3 Å². The lowest BCUT2D eigenvalue weighted by atomic mass is 10.2. The van der Waals surface area contributed by atoms with E-state index in [0.717, 1.165) is 13.1 Å². The van der Waals surface area contributed by atoms with Gasteiger partial charge in [0.15, 0.2) is 0 Å². The number of amides is 1. The van der Waals surface area contributed by atoms with E-state index in [9.17, 15) is 4.79 Å². The van der Waals surface area contributed by atoms with Gasteiger partial charge in [-0.2, -0.15) is 5.26 Å². The monoisotopic (exact) mass is 272 g/mol. The molecule has 1 aromatic carbocycles. The first-order chi connectivity index (χ1) is 9.67. The van der Waals surface area contributed by atoms with Crippen molar-refractivity contribution in [3.8, 4) is 6.07 Å². The number of nitrogens with one attached hydrogen (secondary N) is 2. The SMILES string of the molecule is CN(CC(=O)Nc1cccc(C#N)c1)CC1CCCN1. The van der Waals surface area contributed by atoms with E-state index in [1.165, 1.54) is 12.8 Å². The molecule has 1 heterocycles. The fraction of sp³-hybridized carbons (Fsp3) is 0.467. The Morgan fingerprint density at radius 1 is 1.60 bits per heavy atom. The predicted octanol–water partition coefficient (Wildman–Crippen LogP) is 1.18. The van der Waals surface area contributed by atoms with Gasteiger partial charge in [-0.3, -0.25) is 9.69 Å². The fourth-order valence-corrected chi connectivity index (χ4v) is 2.47. The van der Waals surface area contributed by atoms with Crippen molar-refractivity contribution in [3.05, 3.63) is 29.8 Å². The van der Waals surface area contributed by atoms with E-state index in [0.29, 0.717) is 23.8 Å². The van der Waals surface area contributed by atoms with E-state index in [-0.39, 0.29) is 5.91 Å². The van der Waals surface area contributed by atoms with Crippen LogP contribution in [0.4, 0.5) is 5.69 Å². The molecule has 1 aliphatic heterocycles. The quantitative estimate of drug-likeness (QED) is 0.844. The summed E-state index contributed by atoms with van der Waals surface area (Å²) in [6, 6.07) is 9.50. The molecule has 2 rings (SSSR count). The molecule has 0 aliphatic carbocycles. The van der Waals surface area contributed by atoms with Crippen molar-refractivity contribution in [1.82, 2.24) is 10.2 Å². The van der Waals surface area contributed by atoms with Crippen molar-refractivity contribution in [3.63, 3.8) is 0 Å². The summed E-state index contributed by atoms with van der Waals surface area (Å²) in [6.07, 6.45) is 2.39. The van der Waals surface area contributed by atoms with E-state index in [2.05, 4.69) is 16.7 Å². The summed E-state index contributed by atoms with van der Waals surface area (Å²) in [5.41, 5.74) is 1.22. The van der Waals surface area contributed by atoms with E-state index >= 15 is 0 Å². The standard InChI is InChI=1S/C15H20N4O/c1-19(10-14-6-3-7-17-14)11-15(20)18-13-5-2-4-12(8-13)9-16/h2,4-5,8,14,17H,3,6-7,10-11H2,1H3,(H,18,20). The maximum atomic E-state index is 11.9. The summed E-state index contributed by atoms with van der Waals surface area (Å²) in [6.45, 7) is 2.31. The molecule has 5 nitrogen and oxygen atoms in total. The summed E-state index contributed by atoms with van der Waals surface area (Å²) in [7, 11) is 1.95. The zero-order chi connectivity index (χ0) is 14.4. The Morgan fingerprint density at radius 3 is 3.15 bits per heavy atom. The molecule has 0 radical (unpaired) electrons. The van der Waals surface area contributed by atoms with Gasteiger partial charge in [0, 0.05) is 18.3 Å². The number of likely N-dealkylation sites (N-methyl/N-ethyl adjacent to an activating group) is 1. The smallest absolute Gasteiger partial charge is 0.238 e. The molecular formula is C15H20N4O. The van der Waals surface area contributed by atoms with Crippen LogP contribution in [0.5, 0.6) is 0 Å². The van der Waals surface area contributed by atoms with Gasteiger partial charge in [-0.1, -0.05) is 6.07 Å². The highest BCUT2D eigenvalue weighted by Gasteiger charge is 2.17. The number of nitriles is 1. The summed E-state index contributed by atoms with van der Waals surface area (Å²) >= 11 is 0. The predicted molar refractivity (Wildman–Crippen MR) is 78.3 cm³/mol. The summed E-state index contributed by atoms with van der Waals surface area (Å²) in [5.74, 6) is -0.0550. The van der Waals surface area contributed by atoms with Crippen LogP contribution in [0.1, 0.15) is 18.4 Å². The highest BCUT2D eigenvalue weighted by Crippen LogP contribution is 2.10. The molecular weight excluding hydrogens is 252 g/mol. The van der Waals surface area contributed by atoms with Crippen LogP contribution in [0, 0.1) is 11.3 Å². The molecule has 0 spiro atoms. The molecule has 1 atom stereocenters. The Kier molecular flexibility index (Phi) is 5.10. The van der Waals surface area contributed by atoms with Crippen molar-refractivity contribution in [2.24, 2.45) is 0 Å². The highest BCUT2D eigenvalue weighted by atomic mass is 16.2. The summed E-state index contributed by atoms with van der Waals surface area (Å²) in [4.78, 5) is 14.0. The van der Waals surface area contributed by atoms with Gasteiger partial charge in [0.2, 0.25) is 5.91 Å². The topological polar surface area (TPSA) is 68.2 Å². The number of hydrogen-bond acceptors (Lipinski definition) is 4. The normalized spacial score (nSPS) is 17.9. The molecule has 0 saturated carbocycles. The number of rotatable bonds is 5. The molecule has 0 aromatic heterocycles. The Labute approximate surface area is 119 Å². The van der Waals surface area contributed by atoms with Crippen LogP contribution in [-0.2, 0) is 4.79 Å². The minimum Gasteiger partial charge on any atom is -0.325 e. The van der Waals surface area contributed by atoms with Crippen LogP contribution in [0.2, 0.25) is 0 Å². The van der Waals surface area contributed by atoms with Crippen LogP contribution in [-0.4, -0.2) is 43.5 Å². The van der Waals surface area contributed by atoms with Gasteiger partial charge in [-0.15, -0.1) is 0 Å². The minimum absolute atomic E-state index is 0.0550. The zero-order valence-corrected chi connectivity index (χ0v) is 11.7. The van der Waals surface area contributed by atoms with Crippen LogP contribution >= 0.6 is 0 Å². The average molecular weight is 272 g/mol. The zero-order valence-electron chi connectivity index (χ0n) is 11.7. The van der Waals surface area contributed by atoms with Crippen molar-refractivity contribution in [2.45, 2.75) is 18.9 Å². The second kappa shape index (κ2) is 7.04. The lowest BCUT2D eigenvalue weighted by molar-refractivity contribution is -0.117. The van der Waals surface area contributed by atoms with Crippen LogP contribution in [0.3, 0.4) is 0 Å². The Hall–Kier alpha value is -1.90. The lowest BCUT2D eigenvalue weighted by Gasteiger charge is -2.20. The fourth-order valence-electron chi connectivity index (χ4n) is 2.47. The van der Waals surface area contributed by atoms with Crippen molar-refractivity contribution >= 4 is 11.6 Å². The van der Waals surface area contributed by atoms with E-state index in [4.69, 9.17) is 5.26 Å². The van der Waals surface area contributed by atoms with Gasteiger partial charge in [0.05, 0.1) is 18.2 Å². The first-order valence-corrected chi connectivity index (χ1v) is 6.89. The number of carbonyl (C=O) groups is 1. The molecule has 20 heavy (non-hydrogen) atoms. The van der Waals surface area contributed by atoms with E-state index in [1.807, 2.05) is 11.9 Å². The van der Waals surface area contributed by atoms with Crippen LogP contribution < -0.4 is 10.6 Å². The van der Waals surface area contributed by atoms with Gasteiger partial charge in [0.1, 0.15) is 0 Å². The number of anilines is 1. The van der Waals surface area contributed by atoms with Gasteiger partial charge in [0.25, 0.3) is 0 Å². The highest BCUT2D eigenvalue weighted by molar-refractivity contribution is 5.92. The molecule has 1 amide bonds. The Morgan fingerprint density at radius 2 is 2.45 bits per heavy atom. The Balaban J connectivity index is 1.80. The molecule has 0 bridgehead atoms. The minimum atomic E-state index is -0.0550.